The standard InChI is InChI=1S/C16H20N2S/c1-3-12-7-6-8-13(11-12)16(18-17)14-9-4-5-10-15(14)19-2/h4-11,16,18H,3,17H2,1-2H3. The van der Waals surface area contributed by atoms with Gasteiger partial charge in [0.05, 0.1) is 6.04 Å². The summed E-state index contributed by atoms with van der Waals surface area (Å²) < 4.78 is 0. The lowest BCUT2D eigenvalue weighted by molar-refractivity contribution is 0.627. The molecular formula is C16H20N2S. The first-order valence-corrected chi connectivity index (χ1v) is 7.70. The molecule has 0 radical (unpaired) electrons. The topological polar surface area (TPSA) is 38.0 Å². The predicted molar refractivity (Wildman–Crippen MR) is 83.2 cm³/mol. The summed E-state index contributed by atoms with van der Waals surface area (Å²) in [6.07, 6.45) is 3.13. The van der Waals surface area contributed by atoms with Crippen molar-refractivity contribution in [1.82, 2.24) is 5.43 Å². The van der Waals surface area contributed by atoms with E-state index in [1.54, 1.807) is 11.8 Å². The molecule has 0 aromatic heterocycles. The van der Waals surface area contributed by atoms with E-state index in [1.807, 2.05) is 0 Å². The third-order valence-corrected chi connectivity index (χ3v) is 4.12. The fourth-order valence-electron chi connectivity index (χ4n) is 2.26. The highest BCUT2D eigenvalue weighted by Gasteiger charge is 2.15. The molecule has 1 atom stereocenters. The zero-order valence-corrected chi connectivity index (χ0v) is 12.2. The van der Waals surface area contributed by atoms with Gasteiger partial charge in [-0.1, -0.05) is 49.4 Å². The summed E-state index contributed by atoms with van der Waals surface area (Å²) >= 11 is 1.75. The van der Waals surface area contributed by atoms with Crippen molar-refractivity contribution in [2.75, 3.05) is 6.26 Å². The third-order valence-electron chi connectivity index (χ3n) is 3.31. The number of benzene rings is 2. The summed E-state index contributed by atoms with van der Waals surface area (Å²) in [6, 6.07) is 17.0. The lowest BCUT2D eigenvalue weighted by Gasteiger charge is -2.20. The second kappa shape index (κ2) is 6.75. The molecule has 2 nitrogen and oxygen atoms in total. The van der Waals surface area contributed by atoms with Crippen LogP contribution in [0.2, 0.25) is 0 Å². The van der Waals surface area contributed by atoms with Gasteiger partial charge in [-0.25, -0.2) is 5.43 Å². The van der Waals surface area contributed by atoms with Crippen molar-refractivity contribution in [2.45, 2.75) is 24.3 Å². The normalized spacial score (nSPS) is 12.4. The van der Waals surface area contributed by atoms with E-state index in [0.717, 1.165) is 6.42 Å². The first kappa shape index (κ1) is 14.1. The molecule has 0 aliphatic carbocycles. The Balaban J connectivity index is 2.43. The van der Waals surface area contributed by atoms with Gasteiger partial charge in [-0.15, -0.1) is 11.8 Å². The SMILES string of the molecule is CCc1cccc(C(NN)c2ccccc2SC)c1. The average Bonchev–Trinajstić information content (AvgIpc) is 2.49. The highest BCUT2D eigenvalue weighted by atomic mass is 32.2. The average molecular weight is 272 g/mol. The van der Waals surface area contributed by atoms with Crippen LogP contribution in [0, 0.1) is 0 Å². The fourth-order valence-corrected chi connectivity index (χ4v) is 2.90. The van der Waals surface area contributed by atoms with Gasteiger partial charge in [0.1, 0.15) is 0 Å². The van der Waals surface area contributed by atoms with Gasteiger partial charge in [-0.2, -0.15) is 0 Å². The van der Waals surface area contributed by atoms with Crippen molar-refractivity contribution in [3.8, 4) is 0 Å². The Morgan fingerprint density at radius 1 is 1.16 bits per heavy atom. The van der Waals surface area contributed by atoms with Crippen LogP contribution in [0.15, 0.2) is 53.4 Å². The van der Waals surface area contributed by atoms with Crippen LogP contribution in [0.4, 0.5) is 0 Å². The summed E-state index contributed by atoms with van der Waals surface area (Å²) in [4.78, 5) is 1.26. The van der Waals surface area contributed by atoms with E-state index in [0.29, 0.717) is 0 Å². The molecule has 2 aromatic carbocycles. The Labute approximate surface area is 119 Å². The van der Waals surface area contributed by atoms with Gasteiger partial charge in [0.25, 0.3) is 0 Å². The van der Waals surface area contributed by atoms with Gasteiger partial charge in [0, 0.05) is 4.90 Å². The summed E-state index contributed by atoms with van der Waals surface area (Å²) in [6.45, 7) is 2.17. The van der Waals surface area contributed by atoms with Gasteiger partial charge < -0.3 is 0 Å². The molecule has 19 heavy (non-hydrogen) atoms. The second-order valence-corrected chi connectivity index (χ2v) is 5.29. The molecule has 0 aliphatic rings. The minimum Gasteiger partial charge on any atom is -0.271 e. The maximum atomic E-state index is 5.79. The van der Waals surface area contributed by atoms with E-state index in [-0.39, 0.29) is 6.04 Å². The summed E-state index contributed by atoms with van der Waals surface area (Å²) in [7, 11) is 0. The maximum absolute atomic E-state index is 5.79. The lowest BCUT2D eigenvalue weighted by atomic mass is 9.97. The van der Waals surface area contributed by atoms with Crippen LogP contribution in [0.1, 0.15) is 29.7 Å². The lowest BCUT2D eigenvalue weighted by Crippen LogP contribution is -2.29. The largest absolute Gasteiger partial charge is 0.271 e. The fraction of sp³-hybridized carbons (Fsp3) is 0.250. The Morgan fingerprint density at radius 2 is 1.95 bits per heavy atom. The molecule has 0 amide bonds. The molecule has 0 spiro atoms. The molecule has 0 aliphatic heterocycles. The van der Waals surface area contributed by atoms with Crippen LogP contribution < -0.4 is 11.3 Å². The van der Waals surface area contributed by atoms with Crippen LogP contribution in [0.25, 0.3) is 0 Å². The van der Waals surface area contributed by atoms with Gasteiger partial charge in [0.2, 0.25) is 0 Å². The number of thioether (sulfide) groups is 1. The number of rotatable bonds is 5. The maximum Gasteiger partial charge on any atom is 0.0721 e. The first-order chi connectivity index (χ1) is 9.30. The van der Waals surface area contributed by atoms with Crippen molar-refractivity contribution in [1.29, 1.82) is 0 Å². The van der Waals surface area contributed by atoms with Gasteiger partial charge in [-0.3, -0.25) is 5.84 Å². The molecule has 0 saturated carbocycles. The number of aryl methyl sites for hydroxylation is 1. The van der Waals surface area contributed by atoms with Crippen molar-refractivity contribution < 1.29 is 0 Å². The third kappa shape index (κ3) is 3.18. The summed E-state index contributed by atoms with van der Waals surface area (Å²) in [5.74, 6) is 5.79. The van der Waals surface area contributed by atoms with E-state index < -0.39 is 0 Å². The van der Waals surface area contributed by atoms with Crippen LogP contribution in [0.5, 0.6) is 0 Å². The number of nitrogens with one attached hydrogen (secondary N) is 1. The van der Waals surface area contributed by atoms with E-state index >= 15 is 0 Å². The van der Waals surface area contributed by atoms with E-state index in [2.05, 4.69) is 67.1 Å². The molecule has 1 unspecified atom stereocenters. The van der Waals surface area contributed by atoms with Crippen molar-refractivity contribution in [2.24, 2.45) is 5.84 Å². The Hall–Kier alpha value is -1.29. The Bertz CT molecular complexity index is 540. The molecule has 0 bridgehead atoms. The van der Waals surface area contributed by atoms with Gasteiger partial charge in [0.15, 0.2) is 0 Å². The molecule has 3 N–H and O–H groups in total. The molecular weight excluding hydrogens is 252 g/mol. The quantitative estimate of drug-likeness (QED) is 0.497. The van der Waals surface area contributed by atoms with Crippen molar-refractivity contribution >= 4 is 11.8 Å². The van der Waals surface area contributed by atoms with E-state index in [4.69, 9.17) is 5.84 Å². The van der Waals surface area contributed by atoms with E-state index in [9.17, 15) is 0 Å². The van der Waals surface area contributed by atoms with Crippen molar-refractivity contribution in [3.63, 3.8) is 0 Å². The first-order valence-electron chi connectivity index (χ1n) is 6.48. The smallest absolute Gasteiger partial charge is 0.0721 e. The molecule has 100 valence electrons. The van der Waals surface area contributed by atoms with Crippen LogP contribution in [0.3, 0.4) is 0 Å². The Morgan fingerprint density at radius 3 is 2.63 bits per heavy atom. The number of nitrogens with two attached hydrogens (primary N) is 1. The molecule has 0 heterocycles. The molecule has 2 rings (SSSR count). The second-order valence-electron chi connectivity index (χ2n) is 4.44. The van der Waals surface area contributed by atoms with Crippen molar-refractivity contribution in [3.05, 3.63) is 65.2 Å². The van der Waals surface area contributed by atoms with Crippen LogP contribution >= 0.6 is 11.8 Å². The Kier molecular flexibility index (Phi) is 5.02. The minimum atomic E-state index is 0.0372. The van der Waals surface area contributed by atoms with E-state index in [1.165, 1.54) is 21.6 Å². The van der Waals surface area contributed by atoms with Gasteiger partial charge >= 0.3 is 0 Å². The predicted octanol–water partition coefficient (Wildman–Crippen LogP) is 3.52. The zero-order valence-electron chi connectivity index (χ0n) is 11.4. The van der Waals surface area contributed by atoms with Crippen LogP contribution in [-0.2, 0) is 6.42 Å². The number of hydrogen-bond acceptors (Lipinski definition) is 3. The van der Waals surface area contributed by atoms with Gasteiger partial charge in [-0.05, 0) is 35.4 Å². The minimum absolute atomic E-state index is 0.0372. The molecule has 0 saturated heterocycles. The highest BCUT2D eigenvalue weighted by molar-refractivity contribution is 7.98. The molecule has 3 heteroatoms. The highest BCUT2D eigenvalue weighted by Crippen LogP contribution is 2.30. The number of hydrogen-bond donors (Lipinski definition) is 2. The molecule has 2 aromatic rings. The number of hydrazine groups is 1. The zero-order chi connectivity index (χ0) is 13.7. The monoisotopic (exact) mass is 272 g/mol. The molecule has 0 fully saturated rings. The summed E-state index contributed by atoms with van der Waals surface area (Å²) in [5, 5.41) is 0. The summed E-state index contributed by atoms with van der Waals surface area (Å²) in [5.41, 5.74) is 6.72. The van der Waals surface area contributed by atoms with Crippen LogP contribution in [-0.4, -0.2) is 6.26 Å².